The highest BCUT2D eigenvalue weighted by Crippen LogP contribution is 2.60. The summed E-state index contributed by atoms with van der Waals surface area (Å²) >= 11 is 5.02. The van der Waals surface area contributed by atoms with Gasteiger partial charge in [0.25, 0.3) is 0 Å². The molecule has 21 nitrogen and oxygen atoms in total. The van der Waals surface area contributed by atoms with Gasteiger partial charge in [-0.05, 0) is 0 Å². The number of imidazole rings is 1. The zero-order valence-electron chi connectivity index (χ0n) is 17.0. The van der Waals surface area contributed by atoms with Crippen molar-refractivity contribution in [1.82, 2.24) is 19.5 Å². The number of phosphoric acid groups is 4. The summed E-state index contributed by atoms with van der Waals surface area (Å²) in [4.78, 5) is 64.5. The third-order valence-corrected chi connectivity index (χ3v) is 8.75. The van der Waals surface area contributed by atoms with Crippen molar-refractivity contribution < 1.29 is 75.1 Å². The van der Waals surface area contributed by atoms with Gasteiger partial charge in [-0.25, -0.2) is 28.2 Å². The first kappa shape index (κ1) is 29.6. The molecule has 0 bridgehead atoms. The molecule has 2 aromatic rings. The molecule has 0 amide bonds. The summed E-state index contributed by atoms with van der Waals surface area (Å²) in [6, 6.07) is 0. The molecule has 2 unspecified atom stereocenters. The first-order valence-electron chi connectivity index (χ1n) is 8.85. The van der Waals surface area contributed by atoms with Gasteiger partial charge < -0.3 is 49.9 Å². The SMILES string of the molecule is Nc1nc(=S)c2ncn([C@@H]3O[C@H](COP(=O)(O)OP(=O)(O)O)[C@@H](OP(=O)(O)OP(=O)(O)O)[C@H]3O)c2[nH]1. The van der Waals surface area contributed by atoms with E-state index in [-0.39, 0.29) is 21.8 Å². The minimum absolute atomic E-state index is 0.0215. The topological polar surface area (TPSA) is 329 Å². The minimum Gasteiger partial charge on any atom is -0.386 e. The van der Waals surface area contributed by atoms with Crippen LogP contribution in [0.4, 0.5) is 5.95 Å². The van der Waals surface area contributed by atoms with E-state index in [1.54, 1.807) is 0 Å². The quantitative estimate of drug-likeness (QED) is 0.115. The van der Waals surface area contributed by atoms with Gasteiger partial charge in [-0.3, -0.25) is 13.6 Å². The Morgan fingerprint density at radius 2 is 1.67 bits per heavy atom. The molecule has 204 valence electrons. The predicted octanol–water partition coefficient (Wildman–Crippen LogP) is -0.849. The number of nitrogen functional groups attached to an aromatic ring is 1. The van der Waals surface area contributed by atoms with Gasteiger partial charge in [0, 0.05) is 0 Å². The number of nitrogens with two attached hydrogens (primary N) is 1. The largest absolute Gasteiger partial charge is 0.481 e. The van der Waals surface area contributed by atoms with E-state index in [1.807, 2.05) is 0 Å². The maximum absolute atomic E-state index is 12.1. The average Bonchev–Trinajstić information content (AvgIpc) is 3.18. The van der Waals surface area contributed by atoms with E-state index in [0.29, 0.717) is 0 Å². The number of anilines is 1. The molecule has 2 aromatic heterocycles. The summed E-state index contributed by atoms with van der Waals surface area (Å²) in [6.07, 6.45) is -6.46. The molecule has 3 heterocycles. The third kappa shape index (κ3) is 7.53. The van der Waals surface area contributed by atoms with Crippen molar-refractivity contribution in [2.45, 2.75) is 24.5 Å². The number of nitrogens with one attached hydrogen (secondary N) is 1. The van der Waals surface area contributed by atoms with Gasteiger partial charge in [0.05, 0.1) is 12.9 Å². The molecule has 26 heteroatoms. The van der Waals surface area contributed by atoms with Crippen LogP contribution in [-0.2, 0) is 40.7 Å². The van der Waals surface area contributed by atoms with E-state index in [0.717, 1.165) is 10.9 Å². The maximum atomic E-state index is 12.1. The second-order valence-electron chi connectivity index (χ2n) is 6.78. The second kappa shape index (κ2) is 10.3. The molecule has 0 spiro atoms. The smallest absolute Gasteiger partial charge is 0.386 e. The molecular formula is C10H17N5O16P4S. The van der Waals surface area contributed by atoms with E-state index in [9.17, 15) is 33.2 Å². The van der Waals surface area contributed by atoms with Gasteiger partial charge >= 0.3 is 31.3 Å². The summed E-state index contributed by atoms with van der Waals surface area (Å²) in [5, 5.41) is 10.8. The molecular weight excluding hydrogens is 602 g/mol. The Morgan fingerprint density at radius 1 is 1.08 bits per heavy atom. The molecule has 0 aliphatic carbocycles. The van der Waals surface area contributed by atoms with Crippen molar-refractivity contribution in [3.8, 4) is 0 Å². The monoisotopic (exact) mass is 619 g/mol. The van der Waals surface area contributed by atoms with Crippen molar-refractivity contribution in [3.63, 3.8) is 0 Å². The molecule has 36 heavy (non-hydrogen) atoms. The van der Waals surface area contributed by atoms with E-state index in [4.69, 9.17) is 42.3 Å². The normalized spacial score (nSPS) is 26.6. The van der Waals surface area contributed by atoms with E-state index in [1.165, 1.54) is 0 Å². The summed E-state index contributed by atoms with van der Waals surface area (Å²) in [5.41, 5.74) is 5.70. The van der Waals surface area contributed by atoms with Crippen LogP contribution in [0.3, 0.4) is 0 Å². The van der Waals surface area contributed by atoms with Gasteiger partial charge in [0.2, 0.25) is 0 Å². The highest BCUT2D eigenvalue weighted by molar-refractivity contribution is 7.71. The standard InChI is InChI=1S/C10H17N5O16P4S/c11-10-13-7-4(8(36)14-10)12-2-15(7)9-5(16)6(29-35(25,26)31-33(20,21)22)3(28-9)1-27-34(23,24)30-32(17,18)19/h2-3,5-6,9,16H,1H2,(H,23,24)(H,25,26)(H2,17,18,19)(H2,20,21,22)(H3,11,13,14,36)/t3-,5-,6-,9-/m1/s1. The fourth-order valence-electron chi connectivity index (χ4n) is 2.99. The number of fused-ring (bicyclic) bond motifs is 1. The molecule has 6 atom stereocenters. The van der Waals surface area contributed by atoms with Crippen LogP contribution in [0.1, 0.15) is 6.23 Å². The Kier molecular flexibility index (Phi) is 8.45. The Morgan fingerprint density at radius 3 is 2.25 bits per heavy atom. The van der Waals surface area contributed by atoms with Gasteiger partial charge in [-0.1, -0.05) is 12.2 Å². The number of aromatic amines is 1. The molecule has 10 N–H and O–H groups in total. The molecule has 0 aromatic carbocycles. The van der Waals surface area contributed by atoms with Crippen molar-refractivity contribution in [3.05, 3.63) is 11.0 Å². The fraction of sp³-hybridized carbons (Fsp3) is 0.500. The summed E-state index contributed by atoms with van der Waals surface area (Å²) < 4.78 is 68.4. The molecule has 1 aliphatic rings. The van der Waals surface area contributed by atoms with Crippen LogP contribution >= 0.6 is 43.5 Å². The number of aliphatic hydroxyl groups is 1. The molecule has 1 fully saturated rings. The van der Waals surface area contributed by atoms with Crippen LogP contribution in [-0.4, -0.2) is 78.9 Å². The van der Waals surface area contributed by atoms with Crippen LogP contribution in [0.5, 0.6) is 0 Å². The van der Waals surface area contributed by atoms with Gasteiger partial charge in [-0.15, -0.1) is 0 Å². The summed E-state index contributed by atoms with van der Waals surface area (Å²) in [5.74, 6) is -0.180. The van der Waals surface area contributed by atoms with Crippen molar-refractivity contribution in [2.75, 3.05) is 12.3 Å². The first-order valence-corrected chi connectivity index (χ1v) is 15.3. The Labute approximate surface area is 203 Å². The van der Waals surface area contributed by atoms with Gasteiger partial charge in [0.1, 0.15) is 29.5 Å². The van der Waals surface area contributed by atoms with Crippen molar-refractivity contribution >= 4 is 60.6 Å². The lowest BCUT2D eigenvalue weighted by Gasteiger charge is -2.23. The molecule has 1 aliphatic heterocycles. The number of rotatable bonds is 10. The summed E-state index contributed by atoms with van der Waals surface area (Å²) in [7, 11) is -22.2. The van der Waals surface area contributed by atoms with Gasteiger partial charge in [-0.2, -0.15) is 8.62 Å². The van der Waals surface area contributed by atoms with E-state index in [2.05, 4.69) is 32.6 Å². The zero-order chi connectivity index (χ0) is 27.3. The third-order valence-electron chi connectivity index (χ3n) is 4.12. The lowest BCUT2D eigenvalue weighted by Crippen LogP contribution is -2.36. The Hall–Kier alpha value is -0.990. The lowest BCUT2D eigenvalue weighted by molar-refractivity contribution is -0.0501. The highest BCUT2D eigenvalue weighted by atomic mass is 32.1. The number of hydrogen-bond donors (Lipinski definition) is 9. The van der Waals surface area contributed by atoms with Crippen molar-refractivity contribution in [2.24, 2.45) is 0 Å². The average molecular weight is 619 g/mol. The molecule has 0 radical (unpaired) electrons. The second-order valence-corrected chi connectivity index (χ2v) is 12.8. The number of hydrogen-bond acceptors (Lipinski definition) is 14. The molecule has 3 rings (SSSR count). The number of aromatic nitrogens is 4. The van der Waals surface area contributed by atoms with Crippen LogP contribution in [0.2, 0.25) is 0 Å². The number of nitrogens with zero attached hydrogens (tertiary/aromatic N) is 3. The fourth-order valence-corrected chi connectivity index (χ4v) is 6.64. The van der Waals surface area contributed by atoms with E-state index < -0.39 is 62.4 Å². The van der Waals surface area contributed by atoms with Crippen molar-refractivity contribution in [1.29, 1.82) is 0 Å². The van der Waals surface area contributed by atoms with Crippen LogP contribution in [0.25, 0.3) is 11.2 Å². The lowest BCUT2D eigenvalue weighted by atomic mass is 10.1. The van der Waals surface area contributed by atoms with Crippen LogP contribution in [0.15, 0.2) is 6.33 Å². The maximum Gasteiger partial charge on any atom is 0.481 e. The van der Waals surface area contributed by atoms with Gasteiger partial charge in [0.15, 0.2) is 16.8 Å². The molecule has 1 saturated heterocycles. The number of ether oxygens (including phenoxy) is 1. The highest BCUT2D eigenvalue weighted by Gasteiger charge is 2.51. The summed E-state index contributed by atoms with van der Waals surface area (Å²) in [6.45, 7) is -1.19. The number of H-pyrrole nitrogens is 1. The predicted molar refractivity (Wildman–Crippen MR) is 114 cm³/mol. The first-order chi connectivity index (χ1) is 16.3. The van der Waals surface area contributed by atoms with Crippen LogP contribution < -0.4 is 5.73 Å². The Bertz CT molecular complexity index is 1390. The van der Waals surface area contributed by atoms with E-state index >= 15 is 0 Å². The zero-order valence-corrected chi connectivity index (χ0v) is 21.4. The minimum atomic E-state index is -5.63. The number of aliphatic hydroxyl groups excluding tert-OH is 1. The Balaban J connectivity index is 1.95. The number of phosphoric ester groups is 2. The molecule has 0 saturated carbocycles. The van der Waals surface area contributed by atoms with Crippen LogP contribution in [0, 0.1) is 4.64 Å².